The van der Waals surface area contributed by atoms with E-state index in [1.165, 1.54) is 45.2 Å². The summed E-state index contributed by atoms with van der Waals surface area (Å²) in [4.78, 5) is 0. The summed E-state index contributed by atoms with van der Waals surface area (Å²) in [5.41, 5.74) is 0.607. The molecule has 0 spiro atoms. The number of hydrogen-bond donors (Lipinski definition) is 1. The lowest BCUT2D eigenvalue weighted by Crippen LogP contribution is -2.24. The van der Waals surface area contributed by atoms with Crippen LogP contribution < -0.4 is 5.32 Å². The molecule has 1 N–H and O–H groups in total. The fraction of sp³-hybridized carbons (Fsp3) is 1.00. The van der Waals surface area contributed by atoms with Crippen molar-refractivity contribution in [1.29, 1.82) is 0 Å². The topological polar surface area (TPSA) is 12.0 Å². The van der Waals surface area contributed by atoms with Gasteiger partial charge in [0, 0.05) is 0 Å². The Morgan fingerprint density at radius 3 is 2.40 bits per heavy atom. The minimum atomic E-state index is 0.607. The quantitative estimate of drug-likeness (QED) is 0.644. The van der Waals surface area contributed by atoms with Gasteiger partial charge in [-0.1, -0.05) is 20.8 Å². The molecule has 0 radical (unpaired) electrons. The van der Waals surface area contributed by atoms with Crippen molar-refractivity contribution in [2.45, 2.75) is 52.9 Å². The molecule has 2 rings (SSSR count). The van der Waals surface area contributed by atoms with Crippen LogP contribution >= 0.6 is 0 Å². The minimum absolute atomic E-state index is 0.607. The van der Waals surface area contributed by atoms with Crippen LogP contribution in [-0.2, 0) is 0 Å². The lowest BCUT2D eigenvalue weighted by atomic mass is 9.83. The fourth-order valence-electron chi connectivity index (χ4n) is 3.44. The molecule has 2 aliphatic rings. The van der Waals surface area contributed by atoms with Crippen LogP contribution in [0, 0.1) is 23.2 Å². The molecule has 0 aromatic heterocycles. The molecule has 2 unspecified atom stereocenters. The van der Waals surface area contributed by atoms with Crippen molar-refractivity contribution in [2.75, 3.05) is 13.1 Å². The van der Waals surface area contributed by atoms with Gasteiger partial charge in [-0.15, -0.1) is 0 Å². The minimum Gasteiger partial charge on any atom is -0.316 e. The first-order chi connectivity index (χ1) is 7.07. The molecule has 1 aliphatic carbocycles. The number of hydrogen-bond acceptors (Lipinski definition) is 1. The molecule has 0 aromatic rings. The Kier molecular flexibility index (Phi) is 3.39. The zero-order valence-electron chi connectivity index (χ0n) is 10.7. The van der Waals surface area contributed by atoms with Crippen LogP contribution in [0.1, 0.15) is 52.9 Å². The third kappa shape index (κ3) is 2.96. The maximum atomic E-state index is 3.65. The summed E-state index contributed by atoms with van der Waals surface area (Å²) >= 11 is 0. The van der Waals surface area contributed by atoms with Crippen LogP contribution in [0.5, 0.6) is 0 Å². The third-order valence-corrected chi connectivity index (χ3v) is 4.65. The second-order valence-electron chi connectivity index (χ2n) is 6.76. The fourth-order valence-corrected chi connectivity index (χ4v) is 3.44. The van der Waals surface area contributed by atoms with Crippen LogP contribution in [0.2, 0.25) is 0 Å². The molecule has 1 aliphatic heterocycles. The van der Waals surface area contributed by atoms with Gasteiger partial charge >= 0.3 is 0 Å². The van der Waals surface area contributed by atoms with E-state index in [4.69, 9.17) is 0 Å². The third-order valence-electron chi connectivity index (χ3n) is 4.65. The first kappa shape index (κ1) is 11.4. The molecule has 1 heterocycles. The van der Waals surface area contributed by atoms with Crippen LogP contribution in [0.3, 0.4) is 0 Å². The highest BCUT2D eigenvalue weighted by Gasteiger charge is 2.32. The molecular weight excluding hydrogens is 182 g/mol. The molecule has 1 heteroatoms. The molecule has 0 aromatic carbocycles. The van der Waals surface area contributed by atoms with Gasteiger partial charge in [0.05, 0.1) is 0 Å². The van der Waals surface area contributed by atoms with Gasteiger partial charge in [-0.25, -0.2) is 0 Å². The highest BCUT2D eigenvalue weighted by Crippen LogP contribution is 2.41. The van der Waals surface area contributed by atoms with E-state index in [9.17, 15) is 0 Å². The lowest BCUT2D eigenvalue weighted by Gasteiger charge is -2.23. The van der Waals surface area contributed by atoms with Crippen molar-refractivity contribution in [3.8, 4) is 0 Å². The Morgan fingerprint density at radius 2 is 1.67 bits per heavy atom. The first-order valence-corrected chi connectivity index (χ1v) is 6.77. The average molecular weight is 209 g/mol. The largest absolute Gasteiger partial charge is 0.316 e. The average Bonchev–Trinajstić information content (AvgIpc) is 2.40. The predicted molar refractivity (Wildman–Crippen MR) is 65.9 cm³/mol. The Hall–Kier alpha value is -0.0400. The molecular formula is C14H27N. The van der Waals surface area contributed by atoms with E-state index in [2.05, 4.69) is 26.1 Å². The summed E-state index contributed by atoms with van der Waals surface area (Å²) in [5, 5.41) is 3.65. The number of rotatable bonds is 0. The summed E-state index contributed by atoms with van der Waals surface area (Å²) < 4.78 is 0. The van der Waals surface area contributed by atoms with E-state index in [-0.39, 0.29) is 0 Å². The predicted octanol–water partition coefficient (Wildman–Crippen LogP) is 3.45. The summed E-state index contributed by atoms with van der Waals surface area (Å²) in [5.74, 6) is 2.87. The molecule has 0 bridgehead atoms. The smallest absolute Gasteiger partial charge is 0.00177 e. The van der Waals surface area contributed by atoms with E-state index in [0.29, 0.717) is 5.41 Å². The number of nitrogens with one attached hydrogen (secondary N) is 1. The van der Waals surface area contributed by atoms with Crippen molar-refractivity contribution >= 4 is 0 Å². The van der Waals surface area contributed by atoms with Crippen LogP contribution in [-0.4, -0.2) is 13.1 Å². The van der Waals surface area contributed by atoms with Gasteiger partial charge in [-0.2, -0.15) is 0 Å². The highest BCUT2D eigenvalue weighted by molar-refractivity contribution is 4.85. The zero-order chi connectivity index (χ0) is 10.9. The van der Waals surface area contributed by atoms with Crippen LogP contribution in [0.4, 0.5) is 0 Å². The van der Waals surface area contributed by atoms with Crippen LogP contribution in [0.15, 0.2) is 0 Å². The zero-order valence-corrected chi connectivity index (χ0v) is 10.7. The van der Waals surface area contributed by atoms with Gasteiger partial charge in [0.25, 0.3) is 0 Å². The van der Waals surface area contributed by atoms with Crippen molar-refractivity contribution < 1.29 is 0 Å². The van der Waals surface area contributed by atoms with Gasteiger partial charge in [-0.3, -0.25) is 0 Å². The monoisotopic (exact) mass is 209 g/mol. The van der Waals surface area contributed by atoms with Crippen molar-refractivity contribution in [1.82, 2.24) is 5.32 Å². The van der Waals surface area contributed by atoms with E-state index >= 15 is 0 Å². The van der Waals surface area contributed by atoms with E-state index in [1.807, 2.05) is 0 Å². The molecule has 15 heavy (non-hydrogen) atoms. The molecule has 2 fully saturated rings. The van der Waals surface area contributed by atoms with Crippen LogP contribution in [0.25, 0.3) is 0 Å². The van der Waals surface area contributed by atoms with Crippen molar-refractivity contribution in [2.24, 2.45) is 23.2 Å². The molecule has 0 amide bonds. The Labute approximate surface area is 95.0 Å². The van der Waals surface area contributed by atoms with Crippen molar-refractivity contribution in [3.63, 3.8) is 0 Å². The molecule has 3 atom stereocenters. The standard InChI is InChI=1S/C14H27N/c1-11-8-12-4-6-14(2,3)7-5-13(12)10-15-9-11/h11-13,15H,4-10H2,1-3H3/t11-,12?,13?/m0/s1. The molecule has 1 saturated carbocycles. The maximum Gasteiger partial charge on any atom is -0.00177 e. The van der Waals surface area contributed by atoms with Gasteiger partial charge in [-0.05, 0) is 68.4 Å². The maximum absolute atomic E-state index is 3.65. The Morgan fingerprint density at radius 1 is 1.00 bits per heavy atom. The van der Waals surface area contributed by atoms with Gasteiger partial charge in [0.15, 0.2) is 0 Å². The van der Waals surface area contributed by atoms with Gasteiger partial charge in [0.2, 0.25) is 0 Å². The SMILES string of the molecule is C[C@@H]1CNCC2CCC(C)(C)CCC2C1. The molecule has 88 valence electrons. The summed E-state index contributed by atoms with van der Waals surface area (Å²) in [6.45, 7) is 9.84. The summed E-state index contributed by atoms with van der Waals surface area (Å²) in [6, 6.07) is 0. The molecule has 1 saturated heterocycles. The van der Waals surface area contributed by atoms with Gasteiger partial charge in [0.1, 0.15) is 0 Å². The first-order valence-electron chi connectivity index (χ1n) is 6.77. The molecule has 1 nitrogen and oxygen atoms in total. The number of fused-ring (bicyclic) bond motifs is 1. The Bertz CT molecular complexity index is 209. The Balaban J connectivity index is 2.02. The normalized spacial score (nSPS) is 41.4. The highest BCUT2D eigenvalue weighted by atomic mass is 14.9. The van der Waals surface area contributed by atoms with E-state index in [0.717, 1.165) is 17.8 Å². The van der Waals surface area contributed by atoms with Crippen molar-refractivity contribution in [3.05, 3.63) is 0 Å². The summed E-state index contributed by atoms with van der Waals surface area (Å²) in [6.07, 6.45) is 7.28. The van der Waals surface area contributed by atoms with Gasteiger partial charge < -0.3 is 5.32 Å². The summed E-state index contributed by atoms with van der Waals surface area (Å²) in [7, 11) is 0. The second kappa shape index (κ2) is 4.45. The van der Waals surface area contributed by atoms with E-state index < -0.39 is 0 Å². The second-order valence-corrected chi connectivity index (χ2v) is 6.76. The lowest BCUT2D eigenvalue weighted by molar-refractivity contribution is 0.288. The van der Waals surface area contributed by atoms with E-state index in [1.54, 1.807) is 0 Å².